The molecule has 5 N–H and O–H groups in total. The molecular weight excluding hydrogens is 568 g/mol. The van der Waals surface area contributed by atoms with Gasteiger partial charge in [0.15, 0.2) is 0 Å². The van der Waals surface area contributed by atoms with Crippen molar-refractivity contribution in [2.45, 2.75) is 50.2 Å². The maximum atomic E-state index is 13.8. The zero-order chi connectivity index (χ0) is 29.4. The molecule has 11 nitrogen and oxygen atoms in total. The van der Waals surface area contributed by atoms with E-state index < -0.39 is 28.0 Å². The van der Waals surface area contributed by atoms with Crippen molar-refractivity contribution >= 4 is 39.3 Å². The first-order chi connectivity index (χ1) is 19.7. The van der Waals surface area contributed by atoms with Gasteiger partial charge in [-0.3, -0.25) is 14.4 Å². The predicted octanol–water partition coefficient (Wildman–Crippen LogP) is 0.716. The summed E-state index contributed by atoms with van der Waals surface area (Å²) in [4.78, 5) is 43.2. The molecule has 2 saturated heterocycles. The third-order valence-electron chi connectivity index (χ3n) is 7.35. The van der Waals surface area contributed by atoms with E-state index in [0.717, 1.165) is 11.1 Å². The third-order valence-corrected chi connectivity index (χ3v) is 8.94. The van der Waals surface area contributed by atoms with Crippen molar-refractivity contribution in [3.63, 3.8) is 0 Å². The SMILES string of the molecule is NCc1ccc(Cl)cc1CNC(=O)[C@@H]1CCCN1C(=O)[C@@H](CC(=O)N1CCNCC1)NS(=O)(=O)Cc1ccccc1. The van der Waals surface area contributed by atoms with Gasteiger partial charge in [0, 0.05) is 50.8 Å². The van der Waals surface area contributed by atoms with Crippen molar-refractivity contribution < 1.29 is 22.8 Å². The lowest BCUT2D eigenvalue weighted by Crippen LogP contribution is -2.55. The highest BCUT2D eigenvalue weighted by molar-refractivity contribution is 7.88. The molecule has 0 saturated carbocycles. The minimum atomic E-state index is -3.99. The molecule has 0 aliphatic carbocycles. The molecule has 3 amide bonds. The smallest absolute Gasteiger partial charge is 0.243 e. The Morgan fingerprint density at radius 3 is 2.49 bits per heavy atom. The second kappa shape index (κ2) is 14.2. The third kappa shape index (κ3) is 8.49. The van der Waals surface area contributed by atoms with Crippen molar-refractivity contribution in [3.05, 3.63) is 70.2 Å². The average molecular weight is 605 g/mol. The van der Waals surface area contributed by atoms with Gasteiger partial charge in [-0.15, -0.1) is 0 Å². The van der Waals surface area contributed by atoms with Crippen molar-refractivity contribution in [2.75, 3.05) is 32.7 Å². The summed E-state index contributed by atoms with van der Waals surface area (Å²) in [6, 6.07) is 11.7. The number of nitrogens with zero attached hydrogens (tertiary/aromatic N) is 2. The van der Waals surface area contributed by atoms with Crippen LogP contribution in [-0.2, 0) is 43.2 Å². The molecule has 2 fully saturated rings. The number of rotatable bonds is 11. The highest BCUT2D eigenvalue weighted by Crippen LogP contribution is 2.21. The van der Waals surface area contributed by atoms with E-state index in [1.165, 1.54) is 4.90 Å². The van der Waals surface area contributed by atoms with Gasteiger partial charge in [0.1, 0.15) is 12.1 Å². The summed E-state index contributed by atoms with van der Waals surface area (Å²) >= 11 is 6.12. The lowest BCUT2D eigenvalue weighted by atomic mass is 10.1. The summed E-state index contributed by atoms with van der Waals surface area (Å²) in [6.07, 6.45) is 0.663. The highest BCUT2D eigenvalue weighted by Gasteiger charge is 2.39. The summed E-state index contributed by atoms with van der Waals surface area (Å²) in [5.41, 5.74) is 7.99. The molecule has 2 aromatic rings. The first-order valence-electron chi connectivity index (χ1n) is 13.7. The lowest BCUT2D eigenvalue weighted by Gasteiger charge is -2.31. The van der Waals surface area contributed by atoms with Gasteiger partial charge in [-0.05, 0) is 41.7 Å². The maximum Gasteiger partial charge on any atom is 0.243 e. The number of piperazine rings is 1. The number of benzene rings is 2. The molecule has 0 spiro atoms. The van der Waals surface area contributed by atoms with Crippen LogP contribution in [0.4, 0.5) is 0 Å². The van der Waals surface area contributed by atoms with Gasteiger partial charge >= 0.3 is 0 Å². The standard InChI is InChI=1S/C28H37ClN6O5S/c29-23-9-8-21(17-30)22(15-23)18-32-27(37)25-7-4-12-35(25)28(38)24(16-26(36)34-13-10-31-11-14-34)33-41(39,40)19-20-5-2-1-3-6-20/h1-3,5-6,8-9,15,24-25,31,33H,4,7,10-14,16-19,30H2,(H,32,37)/t24-,25+/m1/s1. The van der Waals surface area contributed by atoms with Crippen LogP contribution in [0.5, 0.6) is 0 Å². The van der Waals surface area contributed by atoms with Crippen LogP contribution in [0.2, 0.25) is 5.02 Å². The van der Waals surface area contributed by atoms with Gasteiger partial charge in [0.25, 0.3) is 0 Å². The molecule has 222 valence electrons. The number of carbonyl (C=O) groups excluding carboxylic acids is 3. The van der Waals surface area contributed by atoms with E-state index in [-0.39, 0.29) is 43.6 Å². The van der Waals surface area contributed by atoms with Crippen LogP contribution in [0, 0.1) is 0 Å². The molecule has 2 aliphatic heterocycles. The molecule has 41 heavy (non-hydrogen) atoms. The van der Waals surface area contributed by atoms with E-state index in [9.17, 15) is 22.8 Å². The second-order valence-electron chi connectivity index (χ2n) is 10.3. The molecule has 2 atom stereocenters. The quantitative estimate of drug-likeness (QED) is 0.295. The number of nitrogens with one attached hydrogen (secondary N) is 3. The zero-order valence-corrected chi connectivity index (χ0v) is 24.4. The zero-order valence-electron chi connectivity index (χ0n) is 22.9. The van der Waals surface area contributed by atoms with Gasteiger partial charge in [0.2, 0.25) is 27.7 Å². The molecule has 0 bridgehead atoms. The molecule has 13 heteroatoms. The molecule has 2 heterocycles. The highest BCUT2D eigenvalue weighted by atomic mass is 35.5. The minimum Gasteiger partial charge on any atom is -0.350 e. The van der Waals surface area contributed by atoms with E-state index in [1.54, 1.807) is 53.4 Å². The topological polar surface area (TPSA) is 154 Å². The first kappa shape index (κ1) is 30.9. The van der Waals surface area contributed by atoms with Crippen LogP contribution < -0.4 is 21.1 Å². The normalized spacial score (nSPS) is 18.2. The van der Waals surface area contributed by atoms with Crippen LogP contribution >= 0.6 is 11.6 Å². The van der Waals surface area contributed by atoms with Gasteiger partial charge in [0.05, 0.1) is 12.2 Å². The fourth-order valence-electron chi connectivity index (χ4n) is 5.21. The minimum absolute atomic E-state index is 0.180. The summed E-state index contributed by atoms with van der Waals surface area (Å²) in [7, 11) is -3.99. The summed E-state index contributed by atoms with van der Waals surface area (Å²) in [5, 5.41) is 6.56. The Kier molecular flexibility index (Phi) is 10.7. The average Bonchev–Trinajstić information content (AvgIpc) is 3.46. The first-order valence-corrected chi connectivity index (χ1v) is 15.8. The Morgan fingerprint density at radius 2 is 1.78 bits per heavy atom. The van der Waals surface area contributed by atoms with E-state index in [0.29, 0.717) is 49.6 Å². The maximum absolute atomic E-state index is 13.8. The molecule has 0 radical (unpaired) electrons. The van der Waals surface area contributed by atoms with Crippen LogP contribution in [0.1, 0.15) is 36.0 Å². The Labute approximate surface area is 245 Å². The lowest BCUT2D eigenvalue weighted by molar-refractivity contribution is -0.142. The van der Waals surface area contributed by atoms with Gasteiger partial charge < -0.3 is 26.2 Å². The summed E-state index contributed by atoms with van der Waals surface area (Å²) in [6.45, 7) is 2.93. The summed E-state index contributed by atoms with van der Waals surface area (Å²) < 4.78 is 28.8. The predicted molar refractivity (Wildman–Crippen MR) is 156 cm³/mol. The van der Waals surface area contributed by atoms with Gasteiger partial charge in [-0.25, -0.2) is 13.1 Å². The molecule has 2 aliphatic rings. The number of hydrogen-bond acceptors (Lipinski definition) is 7. The van der Waals surface area contributed by atoms with E-state index >= 15 is 0 Å². The number of sulfonamides is 1. The van der Waals surface area contributed by atoms with E-state index in [2.05, 4.69) is 15.4 Å². The summed E-state index contributed by atoms with van der Waals surface area (Å²) in [5.74, 6) is -1.61. The Hall–Kier alpha value is -3.03. The number of nitrogens with two attached hydrogens (primary N) is 1. The van der Waals surface area contributed by atoms with Crippen LogP contribution in [0.3, 0.4) is 0 Å². The molecule has 2 aromatic carbocycles. The van der Waals surface area contributed by atoms with Crippen molar-refractivity contribution in [1.82, 2.24) is 25.2 Å². The van der Waals surface area contributed by atoms with Crippen molar-refractivity contribution in [3.8, 4) is 0 Å². The Bertz CT molecular complexity index is 1340. The molecule has 0 unspecified atom stereocenters. The van der Waals surface area contributed by atoms with Gasteiger partial charge in [-0.2, -0.15) is 0 Å². The van der Waals surface area contributed by atoms with Crippen LogP contribution in [-0.4, -0.2) is 80.7 Å². The van der Waals surface area contributed by atoms with Crippen LogP contribution in [0.15, 0.2) is 48.5 Å². The Morgan fingerprint density at radius 1 is 1.05 bits per heavy atom. The van der Waals surface area contributed by atoms with E-state index in [1.807, 2.05) is 0 Å². The van der Waals surface area contributed by atoms with Gasteiger partial charge in [-0.1, -0.05) is 48.0 Å². The number of likely N-dealkylation sites (tertiary alicyclic amines) is 1. The molecule has 4 rings (SSSR count). The Balaban J connectivity index is 1.49. The van der Waals surface area contributed by atoms with E-state index in [4.69, 9.17) is 17.3 Å². The van der Waals surface area contributed by atoms with Crippen molar-refractivity contribution in [2.24, 2.45) is 5.73 Å². The monoisotopic (exact) mass is 604 g/mol. The molecule has 0 aromatic heterocycles. The largest absolute Gasteiger partial charge is 0.350 e. The fourth-order valence-corrected chi connectivity index (χ4v) is 6.74. The fraction of sp³-hybridized carbons (Fsp3) is 0.464. The second-order valence-corrected chi connectivity index (χ2v) is 12.5. The number of amides is 3. The number of halogens is 1. The number of carbonyl (C=O) groups is 3. The van der Waals surface area contributed by atoms with Crippen molar-refractivity contribution in [1.29, 1.82) is 0 Å². The number of hydrogen-bond donors (Lipinski definition) is 4. The molecular formula is C28H37ClN6O5S. The van der Waals surface area contributed by atoms with Crippen LogP contribution in [0.25, 0.3) is 0 Å².